The molecule has 126 valence electrons. The van der Waals surface area contributed by atoms with Gasteiger partial charge in [-0.3, -0.25) is 0 Å². The van der Waals surface area contributed by atoms with Crippen LogP contribution in [0.4, 0.5) is 0 Å². The standard InChI is InChI=1S/C17H23NO5/c1-10(2)23-15-9-13(16(19)20)14(17(21)22-3)8-12(15)11-4-6-18-7-5-11/h8-11,18H,4-7H2,1-3H3,(H,19,20). The lowest BCUT2D eigenvalue weighted by Gasteiger charge is -2.26. The highest BCUT2D eigenvalue weighted by molar-refractivity contribution is 6.03. The van der Waals surface area contributed by atoms with Crippen molar-refractivity contribution in [1.29, 1.82) is 0 Å². The van der Waals surface area contributed by atoms with Crippen LogP contribution in [0.3, 0.4) is 0 Å². The van der Waals surface area contributed by atoms with E-state index in [0.29, 0.717) is 5.75 Å². The Morgan fingerprint density at radius 2 is 1.87 bits per heavy atom. The monoisotopic (exact) mass is 321 g/mol. The van der Waals surface area contributed by atoms with Gasteiger partial charge < -0.3 is 19.9 Å². The van der Waals surface area contributed by atoms with Crippen LogP contribution in [-0.4, -0.2) is 43.3 Å². The molecule has 1 aromatic carbocycles. The average Bonchev–Trinajstić information content (AvgIpc) is 2.54. The molecule has 1 fully saturated rings. The number of esters is 1. The molecule has 0 saturated carbocycles. The molecule has 1 aromatic rings. The normalized spacial score (nSPS) is 15.5. The molecule has 0 atom stereocenters. The fraction of sp³-hybridized carbons (Fsp3) is 0.529. The molecule has 1 saturated heterocycles. The van der Waals surface area contributed by atoms with Crippen LogP contribution in [0.1, 0.15) is 58.9 Å². The second kappa shape index (κ2) is 7.46. The predicted octanol–water partition coefficient (Wildman–Crippen LogP) is 2.43. The number of carbonyl (C=O) groups excluding carboxylic acids is 1. The van der Waals surface area contributed by atoms with Gasteiger partial charge in [-0.05, 0) is 63.4 Å². The minimum atomic E-state index is -1.17. The molecule has 0 aliphatic carbocycles. The predicted molar refractivity (Wildman–Crippen MR) is 85.3 cm³/mol. The van der Waals surface area contributed by atoms with Gasteiger partial charge in [0.15, 0.2) is 0 Å². The van der Waals surface area contributed by atoms with E-state index in [1.54, 1.807) is 6.07 Å². The van der Waals surface area contributed by atoms with Gasteiger partial charge in [-0.1, -0.05) is 0 Å². The molecule has 6 heteroatoms. The van der Waals surface area contributed by atoms with Crippen LogP contribution in [-0.2, 0) is 4.74 Å². The van der Waals surface area contributed by atoms with E-state index in [2.05, 4.69) is 5.32 Å². The topological polar surface area (TPSA) is 84.9 Å². The van der Waals surface area contributed by atoms with Crippen molar-refractivity contribution in [3.05, 3.63) is 28.8 Å². The molecule has 23 heavy (non-hydrogen) atoms. The van der Waals surface area contributed by atoms with E-state index >= 15 is 0 Å². The number of piperidine rings is 1. The number of rotatable bonds is 5. The second-order valence-electron chi connectivity index (χ2n) is 5.92. The van der Waals surface area contributed by atoms with Crippen LogP contribution < -0.4 is 10.1 Å². The first-order chi connectivity index (χ1) is 10.9. The number of carbonyl (C=O) groups is 2. The highest BCUT2D eigenvalue weighted by Gasteiger charge is 2.26. The van der Waals surface area contributed by atoms with E-state index < -0.39 is 11.9 Å². The van der Waals surface area contributed by atoms with E-state index in [4.69, 9.17) is 9.47 Å². The lowest BCUT2D eigenvalue weighted by atomic mass is 9.87. The van der Waals surface area contributed by atoms with Crippen molar-refractivity contribution in [3.63, 3.8) is 0 Å². The molecule has 0 unspecified atom stereocenters. The maximum absolute atomic E-state index is 12.0. The Morgan fingerprint density at radius 3 is 2.39 bits per heavy atom. The van der Waals surface area contributed by atoms with Gasteiger partial charge in [-0.15, -0.1) is 0 Å². The van der Waals surface area contributed by atoms with Crippen LogP contribution in [0.15, 0.2) is 12.1 Å². The first kappa shape index (κ1) is 17.3. The zero-order valence-electron chi connectivity index (χ0n) is 13.7. The molecule has 1 aliphatic rings. The third kappa shape index (κ3) is 4.01. The molecular weight excluding hydrogens is 298 g/mol. The van der Waals surface area contributed by atoms with E-state index in [0.717, 1.165) is 31.5 Å². The van der Waals surface area contributed by atoms with E-state index in [-0.39, 0.29) is 23.1 Å². The zero-order chi connectivity index (χ0) is 17.0. The summed E-state index contributed by atoms with van der Waals surface area (Å²) in [5.74, 6) is -1.04. The molecule has 2 N–H and O–H groups in total. The number of methoxy groups -OCH3 is 1. The third-order valence-electron chi connectivity index (χ3n) is 3.93. The molecule has 0 aromatic heterocycles. The maximum Gasteiger partial charge on any atom is 0.338 e. The van der Waals surface area contributed by atoms with Crippen LogP contribution in [0.5, 0.6) is 5.75 Å². The summed E-state index contributed by atoms with van der Waals surface area (Å²) in [6, 6.07) is 3.08. The first-order valence-corrected chi connectivity index (χ1v) is 7.81. The molecular formula is C17H23NO5. The Kier molecular flexibility index (Phi) is 5.60. The van der Waals surface area contributed by atoms with Crippen molar-refractivity contribution in [1.82, 2.24) is 5.32 Å². The highest BCUT2D eigenvalue weighted by atomic mass is 16.5. The molecule has 6 nitrogen and oxygen atoms in total. The van der Waals surface area contributed by atoms with Crippen molar-refractivity contribution in [3.8, 4) is 5.75 Å². The van der Waals surface area contributed by atoms with Gasteiger partial charge in [0.25, 0.3) is 0 Å². The number of aromatic carboxylic acids is 1. The molecule has 1 heterocycles. The van der Waals surface area contributed by atoms with Crippen molar-refractivity contribution in [2.45, 2.75) is 38.7 Å². The minimum absolute atomic E-state index is 0.0737. The van der Waals surface area contributed by atoms with Crippen molar-refractivity contribution in [2.75, 3.05) is 20.2 Å². The summed E-state index contributed by atoms with van der Waals surface area (Å²) >= 11 is 0. The van der Waals surface area contributed by atoms with Gasteiger partial charge in [0.1, 0.15) is 5.75 Å². The number of hydrogen-bond acceptors (Lipinski definition) is 5. The van der Waals surface area contributed by atoms with E-state index in [1.165, 1.54) is 13.2 Å². The molecule has 0 radical (unpaired) electrons. The Morgan fingerprint density at radius 1 is 1.22 bits per heavy atom. The van der Waals surface area contributed by atoms with Gasteiger partial charge >= 0.3 is 11.9 Å². The fourth-order valence-corrected chi connectivity index (χ4v) is 2.86. The number of carboxylic acids is 1. The molecule has 0 amide bonds. The Hall–Kier alpha value is -2.08. The number of nitrogens with one attached hydrogen (secondary N) is 1. The Labute approximate surface area is 135 Å². The van der Waals surface area contributed by atoms with Crippen molar-refractivity contribution >= 4 is 11.9 Å². The summed E-state index contributed by atoms with van der Waals surface area (Å²) in [7, 11) is 1.25. The number of carboxylic acid groups (broad SMARTS) is 1. The maximum atomic E-state index is 12.0. The largest absolute Gasteiger partial charge is 0.491 e. The number of benzene rings is 1. The van der Waals surface area contributed by atoms with E-state index in [1.807, 2.05) is 13.8 Å². The smallest absolute Gasteiger partial charge is 0.338 e. The summed E-state index contributed by atoms with van der Waals surface area (Å²) in [5.41, 5.74) is 0.862. The van der Waals surface area contributed by atoms with Crippen LogP contribution in [0, 0.1) is 0 Å². The van der Waals surface area contributed by atoms with Gasteiger partial charge in [-0.2, -0.15) is 0 Å². The zero-order valence-corrected chi connectivity index (χ0v) is 13.7. The first-order valence-electron chi connectivity index (χ1n) is 7.81. The summed E-state index contributed by atoms with van der Waals surface area (Å²) in [4.78, 5) is 23.5. The molecule has 0 spiro atoms. The van der Waals surface area contributed by atoms with E-state index in [9.17, 15) is 14.7 Å². The van der Waals surface area contributed by atoms with Crippen LogP contribution in [0.25, 0.3) is 0 Å². The Bertz CT molecular complexity index is 591. The highest BCUT2D eigenvalue weighted by Crippen LogP contribution is 2.36. The third-order valence-corrected chi connectivity index (χ3v) is 3.93. The molecule has 1 aliphatic heterocycles. The van der Waals surface area contributed by atoms with Crippen molar-refractivity contribution in [2.24, 2.45) is 0 Å². The average molecular weight is 321 g/mol. The number of hydrogen-bond donors (Lipinski definition) is 2. The SMILES string of the molecule is COC(=O)c1cc(C2CCNCC2)c(OC(C)C)cc1C(=O)O. The van der Waals surface area contributed by atoms with Gasteiger partial charge in [0, 0.05) is 0 Å². The fourth-order valence-electron chi connectivity index (χ4n) is 2.86. The summed E-state index contributed by atoms with van der Waals surface area (Å²) in [6.07, 6.45) is 1.75. The summed E-state index contributed by atoms with van der Waals surface area (Å²) in [5, 5.41) is 12.7. The Balaban J connectivity index is 2.55. The minimum Gasteiger partial charge on any atom is -0.491 e. The quantitative estimate of drug-likeness (QED) is 0.810. The lowest BCUT2D eigenvalue weighted by molar-refractivity contribution is 0.0582. The van der Waals surface area contributed by atoms with Gasteiger partial charge in [0.05, 0.1) is 24.3 Å². The summed E-state index contributed by atoms with van der Waals surface area (Å²) < 4.78 is 10.6. The van der Waals surface area contributed by atoms with Gasteiger partial charge in [0.2, 0.25) is 0 Å². The van der Waals surface area contributed by atoms with Crippen molar-refractivity contribution < 1.29 is 24.2 Å². The lowest BCUT2D eigenvalue weighted by Crippen LogP contribution is -2.27. The molecule has 0 bridgehead atoms. The molecule has 2 rings (SSSR count). The van der Waals surface area contributed by atoms with Gasteiger partial charge in [-0.25, -0.2) is 9.59 Å². The van der Waals surface area contributed by atoms with Crippen LogP contribution in [0.2, 0.25) is 0 Å². The second-order valence-corrected chi connectivity index (χ2v) is 5.92. The van der Waals surface area contributed by atoms with Crippen LogP contribution >= 0.6 is 0 Å². The number of ether oxygens (including phenoxy) is 2. The summed E-state index contributed by atoms with van der Waals surface area (Å²) in [6.45, 7) is 5.56.